The van der Waals surface area contributed by atoms with Crippen LogP contribution in [0.3, 0.4) is 0 Å². The molecule has 1 aromatic heterocycles. The number of carbonyl (C=O) groups is 2. The minimum Gasteiger partial charge on any atom is -0.340 e. The Morgan fingerprint density at radius 3 is 3.00 bits per heavy atom. The van der Waals surface area contributed by atoms with Crippen molar-refractivity contribution in [2.45, 2.75) is 32.2 Å². The maximum Gasteiger partial charge on any atom is 0.317 e. The third-order valence-corrected chi connectivity index (χ3v) is 3.91. The highest BCUT2D eigenvalue weighted by Crippen LogP contribution is 2.30. The lowest BCUT2D eigenvalue weighted by Crippen LogP contribution is -2.50. The number of nitrogens with one attached hydrogen (secondary N) is 1. The van der Waals surface area contributed by atoms with E-state index in [1.807, 2.05) is 0 Å². The summed E-state index contributed by atoms with van der Waals surface area (Å²) in [4.78, 5) is 31.7. The summed E-state index contributed by atoms with van der Waals surface area (Å²) in [7, 11) is 0. The van der Waals surface area contributed by atoms with Crippen LogP contribution in [0.4, 0.5) is 4.79 Å². The first-order valence-electron chi connectivity index (χ1n) is 7.27. The smallest absolute Gasteiger partial charge is 0.317 e. The van der Waals surface area contributed by atoms with Gasteiger partial charge in [0.1, 0.15) is 6.54 Å². The zero-order valence-corrected chi connectivity index (χ0v) is 12.0. The van der Waals surface area contributed by atoms with Crippen LogP contribution in [0.5, 0.6) is 0 Å². The first-order valence-corrected chi connectivity index (χ1v) is 7.27. The van der Waals surface area contributed by atoms with Gasteiger partial charge < -0.3 is 19.6 Å². The number of urea groups is 1. The van der Waals surface area contributed by atoms with Gasteiger partial charge in [-0.2, -0.15) is 4.98 Å². The van der Waals surface area contributed by atoms with E-state index in [2.05, 4.69) is 15.5 Å². The number of aryl methyl sites for hydroxylation is 1. The van der Waals surface area contributed by atoms with Gasteiger partial charge in [0.15, 0.2) is 5.82 Å². The lowest BCUT2D eigenvalue weighted by Gasteiger charge is -2.30. The molecule has 114 valence electrons. The molecule has 0 unspecified atom stereocenters. The molecular formula is C13H19N5O3. The Bertz CT molecular complexity index is 544. The molecule has 3 rings (SSSR count). The van der Waals surface area contributed by atoms with Gasteiger partial charge in [0.2, 0.25) is 11.8 Å². The fourth-order valence-electron chi connectivity index (χ4n) is 2.87. The number of amides is 3. The second-order valence-electron chi connectivity index (χ2n) is 5.42. The maximum atomic E-state index is 12.5. The molecule has 1 aromatic rings. The monoisotopic (exact) mass is 293 g/mol. The fourth-order valence-corrected chi connectivity index (χ4v) is 2.87. The summed E-state index contributed by atoms with van der Waals surface area (Å²) in [5.41, 5.74) is 0. The van der Waals surface area contributed by atoms with Crippen molar-refractivity contribution < 1.29 is 14.1 Å². The molecule has 2 fully saturated rings. The van der Waals surface area contributed by atoms with Crippen molar-refractivity contribution in [1.29, 1.82) is 0 Å². The summed E-state index contributed by atoms with van der Waals surface area (Å²) in [6.45, 7) is 3.82. The lowest BCUT2D eigenvalue weighted by atomic mass is 10.2. The predicted molar refractivity (Wildman–Crippen MR) is 72.3 cm³/mol. The molecule has 0 spiro atoms. The fraction of sp³-hybridized carbons (Fsp3) is 0.692. The topological polar surface area (TPSA) is 91.6 Å². The van der Waals surface area contributed by atoms with E-state index in [0.29, 0.717) is 31.3 Å². The van der Waals surface area contributed by atoms with Gasteiger partial charge >= 0.3 is 6.03 Å². The lowest BCUT2D eigenvalue weighted by molar-refractivity contribution is -0.133. The number of hydrogen-bond acceptors (Lipinski definition) is 5. The third kappa shape index (κ3) is 2.84. The van der Waals surface area contributed by atoms with E-state index in [1.165, 1.54) is 0 Å². The molecule has 0 aromatic carbocycles. The first-order chi connectivity index (χ1) is 10.1. The summed E-state index contributed by atoms with van der Waals surface area (Å²) >= 11 is 0. The number of carbonyl (C=O) groups excluding carboxylic acids is 2. The Hall–Kier alpha value is -2.12. The van der Waals surface area contributed by atoms with Gasteiger partial charge in [0, 0.05) is 26.6 Å². The normalized spacial score (nSPS) is 22.5. The zero-order valence-electron chi connectivity index (χ0n) is 12.0. The van der Waals surface area contributed by atoms with E-state index >= 15 is 0 Å². The average molecular weight is 293 g/mol. The molecule has 0 saturated carbocycles. The molecule has 8 heteroatoms. The Balaban J connectivity index is 1.67. The first kappa shape index (κ1) is 13.8. The van der Waals surface area contributed by atoms with Crippen LogP contribution in [-0.2, 0) is 4.79 Å². The summed E-state index contributed by atoms with van der Waals surface area (Å²) < 4.78 is 5.00. The summed E-state index contributed by atoms with van der Waals surface area (Å²) in [6, 6.07) is -0.302. The van der Waals surface area contributed by atoms with E-state index in [-0.39, 0.29) is 24.5 Å². The van der Waals surface area contributed by atoms with Crippen molar-refractivity contribution in [3.05, 3.63) is 11.7 Å². The number of aromatic nitrogens is 2. The highest BCUT2D eigenvalue weighted by atomic mass is 16.5. The minimum absolute atomic E-state index is 0.0583. The Morgan fingerprint density at radius 1 is 1.43 bits per heavy atom. The molecule has 0 radical (unpaired) electrons. The van der Waals surface area contributed by atoms with Crippen LogP contribution in [0.25, 0.3) is 0 Å². The van der Waals surface area contributed by atoms with Crippen LogP contribution in [0.15, 0.2) is 4.52 Å². The van der Waals surface area contributed by atoms with E-state index in [4.69, 9.17) is 4.52 Å². The summed E-state index contributed by atoms with van der Waals surface area (Å²) in [5.74, 6) is 0.998. The zero-order chi connectivity index (χ0) is 14.8. The number of hydrogen-bond donors (Lipinski definition) is 1. The molecule has 1 atom stereocenters. The molecule has 0 aliphatic carbocycles. The molecule has 3 heterocycles. The molecule has 3 amide bonds. The highest BCUT2D eigenvalue weighted by molar-refractivity contribution is 5.84. The van der Waals surface area contributed by atoms with E-state index < -0.39 is 0 Å². The van der Waals surface area contributed by atoms with Gasteiger partial charge in [-0.05, 0) is 19.3 Å². The number of nitrogens with zero attached hydrogens (tertiary/aromatic N) is 4. The minimum atomic E-state index is -0.166. The molecule has 0 bridgehead atoms. The van der Waals surface area contributed by atoms with Crippen LogP contribution in [0.1, 0.15) is 37.0 Å². The SMILES string of the molecule is Cc1nc([C@H]2CCCN2C(=O)CN2CCCNC2=O)no1. The van der Waals surface area contributed by atoms with Crippen LogP contribution in [0.2, 0.25) is 0 Å². The van der Waals surface area contributed by atoms with E-state index in [0.717, 1.165) is 19.3 Å². The third-order valence-electron chi connectivity index (χ3n) is 3.91. The van der Waals surface area contributed by atoms with Gasteiger partial charge in [0.05, 0.1) is 6.04 Å². The van der Waals surface area contributed by atoms with Crippen LogP contribution >= 0.6 is 0 Å². The van der Waals surface area contributed by atoms with Crippen LogP contribution in [0, 0.1) is 6.92 Å². The van der Waals surface area contributed by atoms with Gasteiger partial charge in [-0.3, -0.25) is 4.79 Å². The van der Waals surface area contributed by atoms with Crippen molar-refractivity contribution >= 4 is 11.9 Å². The predicted octanol–water partition coefficient (Wildman–Crippen LogP) is 0.457. The van der Waals surface area contributed by atoms with Gasteiger partial charge in [-0.1, -0.05) is 5.16 Å². The Labute approximate surface area is 122 Å². The van der Waals surface area contributed by atoms with Crippen molar-refractivity contribution in [1.82, 2.24) is 25.3 Å². The van der Waals surface area contributed by atoms with Crippen molar-refractivity contribution in [2.24, 2.45) is 0 Å². The van der Waals surface area contributed by atoms with Crippen molar-refractivity contribution in [3.63, 3.8) is 0 Å². The van der Waals surface area contributed by atoms with Crippen molar-refractivity contribution in [2.75, 3.05) is 26.2 Å². The molecule has 8 nitrogen and oxygen atoms in total. The summed E-state index contributed by atoms with van der Waals surface area (Å²) in [6.07, 6.45) is 2.61. The maximum absolute atomic E-state index is 12.5. The van der Waals surface area contributed by atoms with E-state index in [1.54, 1.807) is 16.7 Å². The average Bonchev–Trinajstić information content (AvgIpc) is 3.09. The molecule has 1 N–H and O–H groups in total. The van der Waals surface area contributed by atoms with E-state index in [9.17, 15) is 9.59 Å². The van der Waals surface area contributed by atoms with Gasteiger partial charge in [-0.15, -0.1) is 0 Å². The molecular weight excluding hydrogens is 274 g/mol. The highest BCUT2D eigenvalue weighted by Gasteiger charge is 2.34. The Kier molecular flexibility index (Phi) is 3.76. The quantitative estimate of drug-likeness (QED) is 0.874. The molecule has 2 saturated heterocycles. The molecule has 21 heavy (non-hydrogen) atoms. The molecule has 2 aliphatic rings. The Morgan fingerprint density at radius 2 is 2.29 bits per heavy atom. The van der Waals surface area contributed by atoms with Crippen LogP contribution < -0.4 is 5.32 Å². The summed E-state index contributed by atoms with van der Waals surface area (Å²) in [5, 5.41) is 6.67. The van der Waals surface area contributed by atoms with Crippen molar-refractivity contribution in [3.8, 4) is 0 Å². The van der Waals surface area contributed by atoms with Gasteiger partial charge in [0.25, 0.3) is 0 Å². The number of likely N-dealkylation sites (tertiary alicyclic amines) is 1. The number of rotatable bonds is 3. The standard InChI is InChI=1S/C13H19N5O3/c1-9-15-12(16-21-9)10-4-2-7-18(10)11(19)8-17-6-3-5-14-13(17)20/h10H,2-8H2,1H3,(H,14,20)/t10-/m1/s1. The largest absolute Gasteiger partial charge is 0.340 e. The second kappa shape index (κ2) is 5.71. The second-order valence-corrected chi connectivity index (χ2v) is 5.42. The van der Waals surface area contributed by atoms with Crippen LogP contribution in [-0.4, -0.2) is 58.1 Å². The van der Waals surface area contributed by atoms with Gasteiger partial charge in [-0.25, -0.2) is 4.79 Å². The molecule has 2 aliphatic heterocycles.